The summed E-state index contributed by atoms with van der Waals surface area (Å²) in [5.74, 6) is -0.202. The van der Waals surface area contributed by atoms with Crippen LogP contribution >= 0.6 is 11.8 Å². The van der Waals surface area contributed by atoms with Crippen LogP contribution in [0.4, 0.5) is 4.39 Å². The molecule has 1 aliphatic heterocycles. The molecule has 0 saturated carbocycles. The van der Waals surface area contributed by atoms with Crippen molar-refractivity contribution in [2.24, 2.45) is 0 Å². The predicted molar refractivity (Wildman–Crippen MR) is 83.0 cm³/mol. The first-order valence-electron chi connectivity index (χ1n) is 6.89. The van der Waals surface area contributed by atoms with Gasteiger partial charge in [-0.1, -0.05) is 12.1 Å². The zero-order chi connectivity index (χ0) is 14.8. The van der Waals surface area contributed by atoms with Gasteiger partial charge in [0, 0.05) is 17.0 Å². The fraction of sp³-hybridized carbons (Fsp3) is 0.235. The van der Waals surface area contributed by atoms with E-state index >= 15 is 0 Å². The van der Waals surface area contributed by atoms with Gasteiger partial charge in [0.05, 0.1) is 6.04 Å². The van der Waals surface area contributed by atoms with Gasteiger partial charge in [0.15, 0.2) is 0 Å². The number of hydrogen-bond acceptors (Lipinski definition) is 2. The average Bonchev–Trinajstić information content (AvgIpc) is 2.48. The quantitative estimate of drug-likeness (QED) is 0.794. The fourth-order valence-corrected chi connectivity index (χ4v) is 2.97. The summed E-state index contributed by atoms with van der Waals surface area (Å²) in [7, 11) is 0. The molecule has 108 valence electrons. The lowest BCUT2D eigenvalue weighted by Gasteiger charge is -2.41. The Labute approximate surface area is 128 Å². The molecule has 0 radical (unpaired) electrons. The first kappa shape index (κ1) is 14.1. The Morgan fingerprint density at radius 3 is 2.33 bits per heavy atom. The second-order valence-corrected chi connectivity index (χ2v) is 5.96. The summed E-state index contributed by atoms with van der Waals surface area (Å²) in [5, 5.41) is 0. The molecule has 2 nitrogen and oxygen atoms in total. The maximum Gasteiger partial charge on any atom is 0.254 e. The molecule has 21 heavy (non-hydrogen) atoms. The molecule has 2 aromatic rings. The van der Waals surface area contributed by atoms with Crippen molar-refractivity contribution in [2.45, 2.75) is 17.4 Å². The second kappa shape index (κ2) is 5.90. The van der Waals surface area contributed by atoms with Gasteiger partial charge in [0.1, 0.15) is 5.82 Å². The second-order valence-electron chi connectivity index (χ2n) is 5.08. The van der Waals surface area contributed by atoms with E-state index in [9.17, 15) is 9.18 Å². The number of carbonyl (C=O) groups excluding carboxylic acids is 1. The third-order valence-electron chi connectivity index (χ3n) is 3.87. The summed E-state index contributed by atoms with van der Waals surface area (Å²) in [6.45, 7) is 0.755. The van der Waals surface area contributed by atoms with E-state index in [-0.39, 0.29) is 17.8 Å². The summed E-state index contributed by atoms with van der Waals surface area (Å²) in [4.78, 5) is 15.5. The van der Waals surface area contributed by atoms with Gasteiger partial charge in [-0.2, -0.15) is 0 Å². The van der Waals surface area contributed by atoms with Gasteiger partial charge in [0.25, 0.3) is 5.91 Å². The maximum absolute atomic E-state index is 13.0. The van der Waals surface area contributed by atoms with Crippen molar-refractivity contribution in [1.29, 1.82) is 0 Å². The molecule has 0 aromatic heterocycles. The minimum Gasteiger partial charge on any atom is -0.331 e. The molecule has 0 aliphatic carbocycles. The Morgan fingerprint density at radius 2 is 1.81 bits per heavy atom. The molecule has 1 amide bonds. The van der Waals surface area contributed by atoms with E-state index in [1.807, 2.05) is 35.4 Å². The monoisotopic (exact) mass is 301 g/mol. The molecule has 1 aliphatic rings. The lowest BCUT2D eigenvalue weighted by atomic mass is 9.93. The van der Waals surface area contributed by atoms with Crippen LogP contribution in [0.15, 0.2) is 53.4 Å². The minimum atomic E-state index is -0.247. The van der Waals surface area contributed by atoms with E-state index in [4.69, 9.17) is 0 Å². The number of benzene rings is 2. The lowest BCUT2D eigenvalue weighted by Crippen LogP contribution is -2.45. The SMILES string of the molecule is CSc1ccc(C(=O)N2CCC2c2ccc(F)cc2)cc1. The fourth-order valence-electron chi connectivity index (χ4n) is 2.56. The van der Waals surface area contributed by atoms with Gasteiger partial charge in [-0.25, -0.2) is 4.39 Å². The highest BCUT2D eigenvalue weighted by molar-refractivity contribution is 7.98. The smallest absolute Gasteiger partial charge is 0.254 e. The molecule has 1 heterocycles. The Balaban J connectivity index is 1.76. The number of hydrogen-bond donors (Lipinski definition) is 0. The summed E-state index contributed by atoms with van der Waals surface area (Å²) in [5.41, 5.74) is 1.70. The predicted octanol–water partition coefficient (Wildman–Crippen LogP) is 4.13. The van der Waals surface area contributed by atoms with E-state index in [2.05, 4.69) is 0 Å². The highest BCUT2D eigenvalue weighted by Gasteiger charge is 2.33. The van der Waals surface area contributed by atoms with Crippen LogP contribution in [0.1, 0.15) is 28.4 Å². The zero-order valence-electron chi connectivity index (χ0n) is 11.8. The maximum atomic E-state index is 13.0. The van der Waals surface area contributed by atoms with Crippen LogP contribution in [0.2, 0.25) is 0 Å². The molecule has 1 saturated heterocycles. The van der Waals surface area contributed by atoms with Gasteiger partial charge in [-0.3, -0.25) is 4.79 Å². The number of halogens is 1. The number of amides is 1. The van der Waals surface area contributed by atoms with E-state index in [1.165, 1.54) is 12.1 Å². The summed E-state index contributed by atoms with van der Waals surface area (Å²) < 4.78 is 13.0. The zero-order valence-corrected chi connectivity index (χ0v) is 12.6. The van der Waals surface area contributed by atoms with E-state index in [0.717, 1.165) is 23.4 Å². The summed E-state index contributed by atoms with van der Waals surface area (Å²) in [6, 6.07) is 14.1. The first-order chi connectivity index (χ1) is 10.2. The van der Waals surface area contributed by atoms with Gasteiger partial charge < -0.3 is 4.90 Å². The molecule has 0 spiro atoms. The van der Waals surface area contributed by atoms with Crippen LogP contribution < -0.4 is 0 Å². The third-order valence-corrected chi connectivity index (χ3v) is 4.62. The average molecular weight is 301 g/mol. The van der Waals surface area contributed by atoms with Crippen molar-refractivity contribution in [3.63, 3.8) is 0 Å². The topological polar surface area (TPSA) is 20.3 Å². The van der Waals surface area contributed by atoms with Crippen LogP contribution in [0.25, 0.3) is 0 Å². The molecule has 0 N–H and O–H groups in total. The number of likely N-dealkylation sites (tertiary alicyclic amines) is 1. The van der Waals surface area contributed by atoms with Crippen molar-refractivity contribution in [2.75, 3.05) is 12.8 Å². The first-order valence-corrected chi connectivity index (χ1v) is 8.12. The highest BCUT2D eigenvalue weighted by Crippen LogP contribution is 2.34. The van der Waals surface area contributed by atoms with E-state index < -0.39 is 0 Å². The Bertz CT molecular complexity index is 639. The minimum absolute atomic E-state index is 0.0447. The highest BCUT2D eigenvalue weighted by atomic mass is 32.2. The molecular weight excluding hydrogens is 285 g/mol. The van der Waals surface area contributed by atoms with Gasteiger partial charge >= 0.3 is 0 Å². The molecule has 0 bridgehead atoms. The molecule has 2 aromatic carbocycles. The van der Waals surface area contributed by atoms with Crippen molar-refractivity contribution >= 4 is 17.7 Å². The van der Waals surface area contributed by atoms with Crippen LogP contribution in [0.3, 0.4) is 0 Å². The standard InChI is InChI=1S/C17H16FNOS/c1-21-15-8-4-13(5-9-15)17(20)19-11-10-16(19)12-2-6-14(18)7-3-12/h2-9,16H,10-11H2,1H3. The van der Waals surface area contributed by atoms with Gasteiger partial charge in [-0.05, 0) is 54.6 Å². The number of thioether (sulfide) groups is 1. The van der Waals surface area contributed by atoms with Crippen molar-refractivity contribution in [1.82, 2.24) is 4.90 Å². The van der Waals surface area contributed by atoms with Crippen molar-refractivity contribution < 1.29 is 9.18 Å². The third kappa shape index (κ3) is 2.81. The van der Waals surface area contributed by atoms with Gasteiger partial charge in [0.2, 0.25) is 0 Å². The van der Waals surface area contributed by atoms with Crippen molar-refractivity contribution in [3.8, 4) is 0 Å². The Hall–Kier alpha value is -1.81. The molecule has 1 atom stereocenters. The molecule has 4 heteroatoms. The Kier molecular flexibility index (Phi) is 3.97. The normalized spacial score (nSPS) is 17.4. The van der Waals surface area contributed by atoms with E-state index in [0.29, 0.717) is 5.56 Å². The number of rotatable bonds is 3. The number of nitrogens with zero attached hydrogens (tertiary/aromatic N) is 1. The van der Waals surface area contributed by atoms with Crippen molar-refractivity contribution in [3.05, 3.63) is 65.5 Å². The molecule has 1 fully saturated rings. The van der Waals surface area contributed by atoms with Crippen LogP contribution in [-0.4, -0.2) is 23.6 Å². The lowest BCUT2D eigenvalue weighted by molar-refractivity contribution is 0.0460. The molecular formula is C17H16FNOS. The van der Waals surface area contributed by atoms with Gasteiger partial charge in [-0.15, -0.1) is 11.8 Å². The molecule has 3 rings (SSSR count). The van der Waals surface area contributed by atoms with Crippen LogP contribution in [0.5, 0.6) is 0 Å². The van der Waals surface area contributed by atoms with Crippen LogP contribution in [0, 0.1) is 5.82 Å². The summed E-state index contributed by atoms with van der Waals surface area (Å²) >= 11 is 1.66. The Morgan fingerprint density at radius 1 is 1.14 bits per heavy atom. The molecule has 1 unspecified atom stereocenters. The number of carbonyl (C=O) groups is 1. The largest absolute Gasteiger partial charge is 0.331 e. The van der Waals surface area contributed by atoms with Crippen LogP contribution in [-0.2, 0) is 0 Å². The van der Waals surface area contributed by atoms with E-state index in [1.54, 1.807) is 23.9 Å². The summed E-state index contributed by atoms with van der Waals surface area (Å²) in [6.07, 6.45) is 2.94.